The molecule has 0 heterocycles. The Hall–Kier alpha value is -0.740. The van der Waals surface area contributed by atoms with E-state index >= 15 is 0 Å². The minimum Gasteiger partial charge on any atom is -0.481 e. The predicted octanol–water partition coefficient (Wildman–Crippen LogP) is 5.14. The van der Waals surface area contributed by atoms with Gasteiger partial charge in [0.2, 0.25) is 0 Å². The summed E-state index contributed by atoms with van der Waals surface area (Å²) in [4.78, 5) is 11.7. The minimum absolute atomic E-state index is 0.104. The van der Waals surface area contributed by atoms with E-state index in [1.54, 1.807) is 0 Å². The maximum atomic E-state index is 11.7. The van der Waals surface area contributed by atoms with E-state index in [0.717, 1.165) is 33.3 Å². The third-order valence-electron chi connectivity index (χ3n) is 5.99. The number of carboxylic acid groups (broad SMARTS) is 1. The Morgan fingerprint density at radius 1 is 0.812 bits per heavy atom. The van der Waals surface area contributed by atoms with Gasteiger partial charge in [-0.3, -0.25) is 8.98 Å². The SMILES string of the molecule is CCCCCCCCCCCCCCCCC(C)(C(=O)O)C(C)(O)OS(=O)(=O)OC.CN. The highest BCUT2D eigenvalue weighted by Gasteiger charge is 2.53. The Morgan fingerprint density at radius 3 is 1.47 bits per heavy atom. The molecule has 0 saturated carbocycles. The van der Waals surface area contributed by atoms with Gasteiger partial charge in [-0.15, -0.1) is 0 Å². The monoisotopic (exact) mass is 483 g/mol. The molecule has 0 aromatic rings. The molecule has 0 fully saturated rings. The van der Waals surface area contributed by atoms with E-state index in [-0.39, 0.29) is 6.42 Å². The van der Waals surface area contributed by atoms with Gasteiger partial charge in [-0.25, -0.2) is 4.18 Å². The topological polar surface area (TPSA) is 136 Å². The Kier molecular flexibility index (Phi) is 19.5. The third kappa shape index (κ3) is 14.4. The number of nitrogens with two attached hydrogens (primary N) is 1. The molecule has 0 amide bonds. The number of hydrogen-bond acceptors (Lipinski definition) is 7. The summed E-state index contributed by atoms with van der Waals surface area (Å²) in [6.45, 7) is 4.57. The van der Waals surface area contributed by atoms with Crippen molar-refractivity contribution >= 4 is 16.4 Å². The van der Waals surface area contributed by atoms with Gasteiger partial charge in [0.05, 0.1) is 7.11 Å². The van der Waals surface area contributed by atoms with Gasteiger partial charge in [0.15, 0.2) is 5.79 Å². The molecule has 4 N–H and O–H groups in total. The first-order chi connectivity index (χ1) is 15.0. The number of carbonyl (C=O) groups is 1. The molecule has 0 bridgehead atoms. The Bertz CT molecular complexity index is 567. The third-order valence-corrected chi connectivity index (χ3v) is 6.93. The lowest BCUT2D eigenvalue weighted by molar-refractivity contribution is -0.219. The molecule has 0 aliphatic heterocycles. The van der Waals surface area contributed by atoms with E-state index in [4.69, 9.17) is 0 Å². The molecule has 0 aromatic heterocycles. The quantitative estimate of drug-likeness (QED) is 0.160. The number of unbranched alkanes of at least 4 members (excludes halogenated alkanes) is 13. The van der Waals surface area contributed by atoms with Gasteiger partial charge in [0.25, 0.3) is 0 Å². The second-order valence-electron chi connectivity index (χ2n) is 8.62. The highest BCUT2D eigenvalue weighted by molar-refractivity contribution is 7.81. The van der Waals surface area contributed by atoms with Crippen molar-refractivity contribution in [2.75, 3.05) is 14.2 Å². The van der Waals surface area contributed by atoms with Gasteiger partial charge in [-0.1, -0.05) is 96.8 Å². The summed E-state index contributed by atoms with van der Waals surface area (Å²) in [5.41, 5.74) is 2.73. The fourth-order valence-corrected chi connectivity index (χ4v) is 4.18. The summed E-state index contributed by atoms with van der Waals surface area (Å²) in [6, 6.07) is 0. The minimum atomic E-state index is -4.47. The van der Waals surface area contributed by atoms with Crippen LogP contribution in [0.3, 0.4) is 0 Å². The second-order valence-corrected chi connectivity index (χ2v) is 9.94. The molecule has 8 nitrogen and oxygen atoms in total. The molecule has 0 radical (unpaired) electrons. The highest BCUT2D eigenvalue weighted by Crippen LogP contribution is 2.39. The zero-order valence-electron chi connectivity index (χ0n) is 21.0. The fraction of sp³-hybridized carbons (Fsp3) is 0.957. The van der Waals surface area contributed by atoms with Crippen LogP contribution in [0.1, 0.15) is 117 Å². The van der Waals surface area contributed by atoms with Crippen LogP contribution in [0.15, 0.2) is 0 Å². The van der Waals surface area contributed by atoms with E-state index in [2.05, 4.69) is 21.0 Å². The van der Waals surface area contributed by atoms with Crippen molar-refractivity contribution in [3.63, 3.8) is 0 Å². The summed E-state index contributed by atoms with van der Waals surface area (Å²) in [7, 11) is -2.08. The molecule has 194 valence electrons. The highest BCUT2D eigenvalue weighted by atomic mass is 32.3. The maximum Gasteiger partial charge on any atom is 0.402 e. The lowest BCUT2D eigenvalue weighted by Crippen LogP contribution is -2.52. The molecule has 0 aromatic carbocycles. The molecule has 0 saturated heterocycles. The second kappa shape index (κ2) is 18.7. The number of hydrogen-bond donors (Lipinski definition) is 3. The summed E-state index contributed by atoms with van der Waals surface area (Å²) < 4.78 is 31.7. The molecule has 2 unspecified atom stereocenters. The van der Waals surface area contributed by atoms with Crippen LogP contribution in [0, 0.1) is 5.41 Å². The van der Waals surface area contributed by atoms with Crippen molar-refractivity contribution in [2.45, 2.75) is 123 Å². The van der Waals surface area contributed by atoms with Crippen molar-refractivity contribution in [3.05, 3.63) is 0 Å². The molecule has 32 heavy (non-hydrogen) atoms. The van der Waals surface area contributed by atoms with E-state index in [1.807, 2.05) is 0 Å². The first-order valence-electron chi connectivity index (χ1n) is 12.1. The fourth-order valence-electron chi connectivity index (χ4n) is 3.54. The number of carboxylic acids is 1. The average molecular weight is 484 g/mol. The number of rotatable bonds is 20. The summed E-state index contributed by atoms with van der Waals surface area (Å²) in [5, 5.41) is 20.0. The zero-order chi connectivity index (χ0) is 25.1. The van der Waals surface area contributed by atoms with Gasteiger partial charge < -0.3 is 15.9 Å². The molecule has 0 aliphatic rings. The largest absolute Gasteiger partial charge is 0.481 e. The molecule has 9 heteroatoms. The summed E-state index contributed by atoms with van der Waals surface area (Å²) in [6.07, 6.45) is 16.6. The lowest BCUT2D eigenvalue weighted by Gasteiger charge is -2.37. The summed E-state index contributed by atoms with van der Waals surface area (Å²) in [5.74, 6) is -3.72. The van der Waals surface area contributed by atoms with Gasteiger partial charge in [-0.2, -0.15) is 8.42 Å². The normalized spacial score (nSPS) is 15.3. The van der Waals surface area contributed by atoms with E-state index in [0.29, 0.717) is 6.42 Å². The average Bonchev–Trinajstić information content (AvgIpc) is 2.74. The van der Waals surface area contributed by atoms with Crippen LogP contribution in [0.2, 0.25) is 0 Å². The van der Waals surface area contributed by atoms with Crippen LogP contribution >= 0.6 is 0 Å². The van der Waals surface area contributed by atoms with Crippen LogP contribution in [-0.4, -0.2) is 44.5 Å². The first kappa shape index (κ1) is 33.4. The number of aliphatic hydroxyl groups is 1. The Labute approximate surface area is 196 Å². The Morgan fingerprint density at radius 2 is 1.16 bits per heavy atom. The van der Waals surface area contributed by atoms with Crippen LogP contribution in [0.4, 0.5) is 0 Å². The van der Waals surface area contributed by atoms with E-state index in [1.165, 1.54) is 78.2 Å². The van der Waals surface area contributed by atoms with Gasteiger partial charge in [0, 0.05) is 0 Å². The molecule has 0 spiro atoms. The maximum absolute atomic E-state index is 11.7. The molecule has 2 atom stereocenters. The van der Waals surface area contributed by atoms with Crippen molar-refractivity contribution in [1.82, 2.24) is 0 Å². The standard InChI is InChI=1S/C22H44O7S.CH5N/c1-5-6-7-8-9-10-11-12-13-14-15-16-17-18-19-21(2,20(23)24)22(3,25)29-30(26,27)28-4;1-2/h25H,5-19H2,1-4H3,(H,23,24);2H2,1H3. The van der Waals surface area contributed by atoms with Crippen LogP contribution in [-0.2, 0) is 23.6 Å². The van der Waals surface area contributed by atoms with E-state index < -0.39 is 27.6 Å². The van der Waals surface area contributed by atoms with Crippen molar-refractivity contribution < 1.29 is 31.8 Å². The van der Waals surface area contributed by atoms with Crippen LogP contribution in [0.25, 0.3) is 0 Å². The predicted molar refractivity (Wildman–Crippen MR) is 128 cm³/mol. The Balaban J connectivity index is 0. The molecular formula is C23H49NO7S. The van der Waals surface area contributed by atoms with E-state index in [9.17, 15) is 23.4 Å². The van der Waals surface area contributed by atoms with Crippen LogP contribution < -0.4 is 5.73 Å². The van der Waals surface area contributed by atoms with Gasteiger partial charge >= 0.3 is 16.4 Å². The lowest BCUT2D eigenvalue weighted by atomic mass is 9.77. The smallest absolute Gasteiger partial charge is 0.402 e. The molecular weight excluding hydrogens is 434 g/mol. The first-order valence-corrected chi connectivity index (χ1v) is 13.4. The van der Waals surface area contributed by atoms with Crippen molar-refractivity contribution in [3.8, 4) is 0 Å². The van der Waals surface area contributed by atoms with Crippen LogP contribution in [0.5, 0.6) is 0 Å². The van der Waals surface area contributed by atoms with Crippen molar-refractivity contribution in [2.24, 2.45) is 11.1 Å². The van der Waals surface area contributed by atoms with Crippen molar-refractivity contribution in [1.29, 1.82) is 0 Å². The number of aliphatic carboxylic acids is 1. The summed E-state index contributed by atoms with van der Waals surface area (Å²) >= 11 is 0. The van der Waals surface area contributed by atoms with Gasteiger partial charge in [-0.05, 0) is 27.3 Å². The molecule has 0 rings (SSSR count). The van der Waals surface area contributed by atoms with Gasteiger partial charge in [0.1, 0.15) is 5.41 Å². The zero-order valence-corrected chi connectivity index (χ0v) is 21.8. The molecule has 0 aliphatic carbocycles.